The molecule has 0 aromatic heterocycles. The molecule has 1 heterocycles. The molecule has 2 rings (SSSR count). The van der Waals surface area contributed by atoms with Crippen LogP contribution >= 0.6 is 0 Å². The smallest absolute Gasteiger partial charge is 0.224 e. The molecule has 1 amide bonds. The van der Waals surface area contributed by atoms with Crippen molar-refractivity contribution in [3.63, 3.8) is 0 Å². The zero-order valence-electron chi connectivity index (χ0n) is 12.4. The summed E-state index contributed by atoms with van der Waals surface area (Å²) in [4.78, 5) is 12.1. The highest BCUT2D eigenvalue weighted by Crippen LogP contribution is 2.19. The predicted octanol–water partition coefficient (Wildman–Crippen LogP) is 2.68. The largest absolute Gasteiger partial charge is 0.376 e. The first-order valence-electron chi connectivity index (χ1n) is 7.12. The summed E-state index contributed by atoms with van der Waals surface area (Å²) in [5, 5.41) is 2.97. The number of carbonyl (C=O) groups is 1. The maximum atomic E-state index is 12.1. The molecule has 0 bridgehead atoms. The van der Waals surface area contributed by atoms with Gasteiger partial charge in [-0.25, -0.2) is 0 Å². The third-order valence-electron chi connectivity index (χ3n) is 3.64. The first kappa shape index (κ1) is 15.0. The molecule has 0 radical (unpaired) electrons. The molecule has 1 aromatic rings. The summed E-state index contributed by atoms with van der Waals surface area (Å²) in [6, 6.07) is 6.02. The Balaban J connectivity index is 1.88. The second-order valence-corrected chi connectivity index (χ2v) is 5.53. The molecule has 1 fully saturated rings. The summed E-state index contributed by atoms with van der Waals surface area (Å²) >= 11 is 0. The minimum absolute atomic E-state index is 0.0219. The fraction of sp³-hybridized carbons (Fsp3) is 0.562. The number of hydrogen-bond acceptors (Lipinski definition) is 3. The zero-order valence-corrected chi connectivity index (χ0v) is 12.4. The minimum atomic E-state index is 0.0219. The lowest BCUT2D eigenvalue weighted by Gasteiger charge is -2.27. The Kier molecular flexibility index (Phi) is 5.15. The lowest BCUT2D eigenvalue weighted by molar-refractivity contribution is -0.125. The number of rotatable bonds is 4. The van der Waals surface area contributed by atoms with E-state index in [1.807, 2.05) is 32.9 Å². The number of aryl methyl sites for hydroxylation is 2. The summed E-state index contributed by atoms with van der Waals surface area (Å²) in [7, 11) is 0. The van der Waals surface area contributed by atoms with Crippen LogP contribution < -0.4 is 5.32 Å². The van der Waals surface area contributed by atoms with E-state index in [2.05, 4.69) is 11.4 Å². The average molecular weight is 277 g/mol. The monoisotopic (exact) mass is 277 g/mol. The predicted molar refractivity (Wildman–Crippen MR) is 78.9 cm³/mol. The highest BCUT2D eigenvalue weighted by Gasteiger charge is 2.23. The van der Waals surface area contributed by atoms with Crippen molar-refractivity contribution in [2.75, 3.05) is 25.1 Å². The molecule has 2 atom stereocenters. The topological polar surface area (TPSA) is 47.6 Å². The highest BCUT2D eigenvalue weighted by atomic mass is 16.6. The summed E-state index contributed by atoms with van der Waals surface area (Å²) in [5.41, 5.74) is 3.17. The minimum Gasteiger partial charge on any atom is -0.376 e. The van der Waals surface area contributed by atoms with Crippen LogP contribution in [0.3, 0.4) is 0 Å². The van der Waals surface area contributed by atoms with E-state index >= 15 is 0 Å². The Labute approximate surface area is 120 Å². The molecular formula is C16H23NO3. The van der Waals surface area contributed by atoms with E-state index in [1.165, 1.54) is 5.56 Å². The van der Waals surface area contributed by atoms with Crippen molar-refractivity contribution in [3.05, 3.63) is 29.3 Å². The summed E-state index contributed by atoms with van der Waals surface area (Å²) < 4.78 is 11.0. The molecule has 1 N–H and O–H groups in total. The van der Waals surface area contributed by atoms with Crippen LogP contribution in [0.2, 0.25) is 0 Å². The Hall–Kier alpha value is -1.39. The van der Waals surface area contributed by atoms with Gasteiger partial charge in [0.1, 0.15) is 0 Å². The molecule has 0 saturated carbocycles. The average Bonchev–Trinajstić information content (AvgIpc) is 2.43. The maximum Gasteiger partial charge on any atom is 0.224 e. The number of nitrogens with one attached hydrogen (secondary N) is 1. The van der Waals surface area contributed by atoms with Crippen LogP contribution in [0.5, 0.6) is 0 Å². The van der Waals surface area contributed by atoms with Gasteiger partial charge in [0.25, 0.3) is 0 Å². The molecule has 1 aliphatic rings. The summed E-state index contributed by atoms with van der Waals surface area (Å²) in [6.45, 7) is 7.93. The van der Waals surface area contributed by atoms with Gasteiger partial charge in [0.2, 0.25) is 5.91 Å². The van der Waals surface area contributed by atoms with Crippen LogP contribution in [-0.4, -0.2) is 31.8 Å². The Bertz CT molecular complexity index is 467. The molecule has 20 heavy (non-hydrogen) atoms. The van der Waals surface area contributed by atoms with Gasteiger partial charge in [-0.15, -0.1) is 0 Å². The van der Waals surface area contributed by atoms with Gasteiger partial charge in [-0.2, -0.15) is 0 Å². The van der Waals surface area contributed by atoms with Crippen molar-refractivity contribution in [1.82, 2.24) is 0 Å². The Morgan fingerprint density at radius 2 is 2.20 bits per heavy atom. The van der Waals surface area contributed by atoms with Crippen LogP contribution in [0.1, 0.15) is 24.5 Å². The lowest BCUT2D eigenvalue weighted by Crippen LogP contribution is -2.35. The maximum absolute atomic E-state index is 12.1. The first-order chi connectivity index (χ1) is 9.56. The number of amides is 1. The quantitative estimate of drug-likeness (QED) is 0.920. The third-order valence-corrected chi connectivity index (χ3v) is 3.64. The van der Waals surface area contributed by atoms with E-state index in [4.69, 9.17) is 9.47 Å². The summed E-state index contributed by atoms with van der Waals surface area (Å²) in [6.07, 6.45) is 0.468. The van der Waals surface area contributed by atoms with E-state index in [9.17, 15) is 4.79 Å². The molecule has 110 valence electrons. The van der Waals surface area contributed by atoms with Crippen LogP contribution in [0.25, 0.3) is 0 Å². The van der Waals surface area contributed by atoms with Gasteiger partial charge in [0.05, 0.1) is 25.9 Å². The SMILES string of the molecule is Cc1ccc(NC(=O)C[C@@H](C)[C@@H]2COCCO2)c(C)c1. The van der Waals surface area contributed by atoms with Crippen molar-refractivity contribution in [2.24, 2.45) is 5.92 Å². The van der Waals surface area contributed by atoms with Crippen molar-refractivity contribution < 1.29 is 14.3 Å². The van der Waals surface area contributed by atoms with Gasteiger partial charge in [-0.1, -0.05) is 24.6 Å². The lowest BCUT2D eigenvalue weighted by atomic mass is 10.00. The third kappa shape index (κ3) is 4.05. The highest BCUT2D eigenvalue weighted by molar-refractivity contribution is 5.91. The second kappa shape index (κ2) is 6.86. The fourth-order valence-electron chi connectivity index (χ4n) is 2.41. The molecular weight excluding hydrogens is 254 g/mol. The zero-order chi connectivity index (χ0) is 14.5. The molecule has 0 unspecified atom stereocenters. The van der Waals surface area contributed by atoms with Gasteiger partial charge in [0.15, 0.2) is 0 Å². The molecule has 1 saturated heterocycles. The van der Waals surface area contributed by atoms with Crippen LogP contribution in [0, 0.1) is 19.8 Å². The Morgan fingerprint density at radius 3 is 2.85 bits per heavy atom. The van der Waals surface area contributed by atoms with Crippen molar-refractivity contribution in [2.45, 2.75) is 33.3 Å². The standard InChI is InChI=1S/C16H23NO3/c1-11-4-5-14(12(2)8-11)17-16(18)9-13(3)15-10-19-6-7-20-15/h4-5,8,13,15H,6-7,9-10H2,1-3H3,(H,17,18)/t13-,15+/m1/s1. The first-order valence-corrected chi connectivity index (χ1v) is 7.12. The second-order valence-electron chi connectivity index (χ2n) is 5.53. The van der Waals surface area contributed by atoms with E-state index in [0.29, 0.717) is 26.2 Å². The van der Waals surface area contributed by atoms with Crippen molar-refractivity contribution in [3.8, 4) is 0 Å². The van der Waals surface area contributed by atoms with Gasteiger partial charge in [-0.3, -0.25) is 4.79 Å². The van der Waals surface area contributed by atoms with Crippen molar-refractivity contribution >= 4 is 11.6 Å². The molecule has 4 nitrogen and oxygen atoms in total. The number of hydrogen-bond donors (Lipinski definition) is 1. The van der Waals surface area contributed by atoms with E-state index in [0.717, 1.165) is 11.3 Å². The van der Waals surface area contributed by atoms with Gasteiger partial charge in [-0.05, 0) is 31.4 Å². The van der Waals surface area contributed by atoms with Gasteiger partial charge < -0.3 is 14.8 Å². The van der Waals surface area contributed by atoms with Crippen LogP contribution in [0.15, 0.2) is 18.2 Å². The van der Waals surface area contributed by atoms with E-state index < -0.39 is 0 Å². The number of carbonyl (C=O) groups excluding carboxylic acids is 1. The number of benzene rings is 1. The van der Waals surface area contributed by atoms with Crippen molar-refractivity contribution in [1.29, 1.82) is 0 Å². The molecule has 0 spiro atoms. The fourth-order valence-corrected chi connectivity index (χ4v) is 2.41. The normalized spacial score (nSPS) is 20.4. The molecule has 1 aliphatic heterocycles. The Morgan fingerprint density at radius 1 is 1.40 bits per heavy atom. The molecule has 4 heteroatoms. The van der Waals surface area contributed by atoms with E-state index in [-0.39, 0.29) is 17.9 Å². The van der Waals surface area contributed by atoms with Gasteiger partial charge in [0, 0.05) is 12.1 Å². The van der Waals surface area contributed by atoms with E-state index in [1.54, 1.807) is 0 Å². The van der Waals surface area contributed by atoms with Gasteiger partial charge >= 0.3 is 0 Å². The van der Waals surface area contributed by atoms with Crippen LogP contribution in [0.4, 0.5) is 5.69 Å². The number of ether oxygens (including phenoxy) is 2. The number of anilines is 1. The summed E-state index contributed by atoms with van der Waals surface area (Å²) in [5.74, 6) is 0.180. The molecule has 1 aromatic carbocycles. The van der Waals surface area contributed by atoms with Crippen LogP contribution in [-0.2, 0) is 14.3 Å². The molecule has 0 aliphatic carbocycles.